The maximum Gasteiger partial charge on any atom is 0.251 e. The summed E-state index contributed by atoms with van der Waals surface area (Å²) in [5.41, 5.74) is 2.84. The van der Waals surface area contributed by atoms with Crippen LogP contribution >= 0.6 is 0 Å². The number of ether oxygens (including phenoxy) is 1. The van der Waals surface area contributed by atoms with Crippen LogP contribution in [0.15, 0.2) is 59.6 Å². The SMILES string of the molecule is CCNC(=O)c1cccc(CN=C(NCC)NCC(C)COCc2ccccc2)c1. The Kier molecular flexibility index (Phi) is 10.4. The molecule has 0 aliphatic carbocycles. The van der Waals surface area contributed by atoms with E-state index in [0.29, 0.717) is 37.8 Å². The van der Waals surface area contributed by atoms with Gasteiger partial charge in [0.2, 0.25) is 0 Å². The average Bonchev–Trinajstić information content (AvgIpc) is 2.77. The molecule has 1 amide bonds. The molecule has 6 heteroatoms. The third kappa shape index (κ3) is 8.66. The lowest BCUT2D eigenvalue weighted by molar-refractivity contribution is 0.0931. The van der Waals surface area contributed by atoms with Gasteiger partial charge in [-0.15, -0.1) is 0 Å². The van der Waals surface area contributed by atoms with Gasteiger partial charge in [0.05, 0.1) is 19.8 Å². The van der Waals surface area contributed by atoms with Crippen LogP contribution in [0.3, 0.4) is 0 Å². The van der Waals surface area contributed by atoms with Crippen LogP contribution in [0.2, 0.25) is 0 Å². The van der Waals surface area contributed by atoms with E-state index in [0.717, 1.165) is 24.6 Å². The third-order valence-electron chi connectivity index (χ3n) is 4.42. The molecule has 0 aliphatic rings. The highest BCUT2D eigenvalue weighted by Gasteiger charge is 2.07. The van der Waals surface area contributed by atoms with Crippen molar-refractivity contribution >= 4 is 11.9 Å². The molecule has 0 radical (unpaired) electrons. The normalized spacial score (nSPS) is 12.3. The smallest absolute Gasteiger partial charge is 0.251 e. The predicted molar refractivity (Wildman–Crippen MR) is 123 cm³/mol. The molecule has 162 valence electrons. The van der Waals surface area contributed by atoms with Crippen molar-refractivity contribution in [2.75, 3.05) is 26.2 Å². The minimum Gasteiger partial charge on any atom is -0.376 e. The van der Waals surface area contributed by atoms with Crippen molar-refractivity contribution in [2.45, 2.75) is 33.9 Å². The Morgan fingerprint density at radius 1 is 0.967 bits per heavy atom. The lowest BCUT2D eigenvalue weighted by Crippen LogP contribution is -2.40. The van der Waals surface area contributed by atoms with Gasteiger partial charge in [-0.3, -0.25) is 4.79 Å². The first-order chi connectivity index (χ1) is 14.6. The van der Waals surface area contributed by atoms with Gasteiger partial charge in [0, 0.05) is 25.2 Å². The van der Waals surface area contributed by atoms with Gasteiger partial charge in [0.15, 0.2) is 5.96 Å². The fourth-order valence-corrected chi connectivity index (χ4v) is 2.87. The third-order valence-corrected chi connectivity index (χ3v) is 4.42. The molecule has 2 aromatic rings. The van der Waals surface area contributed by atoms with Crippen LogP contribution in [0.5, 0.6) is 0 Å². The molecule has 0 saturated carbocycles. The van der Waals surface area contributed by atoms with Gasteiger partial charge in [0.25, 0.3) is 5.91 Å². The van der Waals surface area contributed by atoms with E-state index in [4.69, 9.17) is 4.74 Å². The molecule has 1 atom stereocenters. The number of guanidine groups is 1. The van der Waals surface area contributed by atoms with Crippen LogP contribution in [0.1, 0.15) is 42.3 Å². The first-order valence-electron chi connectivity index (χ1n) is 10.6. The van der Waals surface area contributed by atoms with Crippen molar-refractivity contribution in [1.82, 2.24) is 16.0 Å². The van der Waals surface area contributed by atoms with Crippen LogP contribution < -0.4 is 16.0 Å². The van der Waals surface area contributed by atoms with Crippen molar-refractivity contribution in [3.05, 3.63) is 71.3 Å². The van der Waals surface area contributed by atoms with E-state index in [-0.39, 0.29) is 5.91 Å². The molecule has 1 unspecified atom stereocenters. The van der Waals surface area contributed by atoms with Crippen molar-refractivity contribution in [1.29, 1.82) is 0 Å². The number of nitrogens with one attached hydrogen (secondary N) is 3. The zero-order chi connectivity index (χ0) is 21.6. The van der Waals surface area contributed by atoms with Gasteiger partial charge < -0.3 is 20.7 Å². The van der Waals surface area contributed by atoms with E-state index < -0.39 is 0 Å². The summed E-state index contributed by atoms with van der Waals surface area (Å²) in [6.45, 7) is 10.1. The molecule has 0 aliphatic heterocycles. The number of carbonyl (C=O) groups excluding carboxylic acids is 1. The summed E-state index contributed by atoms with van der Waals surface area (Å²) >= 11 is 0. The molecule has 3 N–H and O–H groups in total. The Morgan fingerprint density at radius 2 is 1.70 bits per heavy atom. The zero-order valence-corrected chi connectivity index (χ0v) is 18.3. The minimum atomic E-state index is -0.0577. The van der Waals surface area contributed by atoms with E-state index in [2.05, 4.69) is 40.0 Å². The number of rotatable bonds is 11. The van der Waals surface area contributed by atoms with Gasteiger partial charge in [0.1, 0.15) is 0 Å². The Hall–Kier alpha value is -2.86. The summed E-state index contributed by atoms with van der Waals surface area (Å²) in [4.78, 5) is 16.7. The Bertz CT molecular complexity index is 793. The molecule has 2 aromatic carbocycles. The standard InChI is InChI=1S/C24H34N4O2/c1-4-25-23(29)22-13-9-12-21(14-22)16-28-24(26-5-2)27-15-19(3)17-30-18-20-10-7-6-8-11-20/h6-14,19H,4-5,15-18H2,1-3H3,(H,25,29)(H2,26,27,28). The number of amides is 1. The number of aliphatic imine (C=N–C) groups is 1. The number of nitrogens with zero attached hydrogens (tertiary/aromatic N) is 1. The lowest BCUT2D eigenvalue weighted by Gasteiger charge is -2.16. The van der Waals surface area contributed by atoms with Gasteiger partial charge in [-0.1, -0.05) is 49.4 Å². The Morgan fingerprint density at radius 3 is 2.43 bits per heavy atom. The molecule has 6 nitrogen and oxygen atoms in total. The molecule has 0 fully saturated rings. The predicted octanol–water partition coefficient (Wildman–Crippen LogP) is 3.34. The quantitative estimate of drug-likeness (QED) is 0.392. The highest BCUT2D eigenvalue weighted by atomic mass is 16.5. The Labute approximate surface area is 180 Å². The van der Waals surface area contributed by atoms with Crippen molar-refractivity contribution < 1.29 is 9.53 Å². The van der Waals surface area contributed by atoms with E-state index in [9.17, 15) is 4.79 Å². The maximum absolute atomic E-state index is 12.0. The molecule has 0 spiro atoms. The summed E-state index contributed by atoms with van der Waals surface area (Å²) in [5, 5.41) is 9.47. The van der Waals surface area contributed by atoms with Crippen LogP contribution in [0.4, 0.5) is 0 Å². The summed E-state index contributed by atoms with van der Waals surface area (Å²) in [7, 11) is 0. The van der Waals surface area contributed by atoms with Crippen LogP contribution in [-0.4, -0.2) is 38.1 Å². The van der Waals surface area contributed by atoms with Gasteiger partial charge in [-0.05, 0) is 43.0 Å². The van der Waals surface area contributed by atoms with Crippen LogP contribution in [-0.2, 0) is 17.9 Å². The molecule has 0 saturated heterocycles. The highest BCUT2D eigenvalue weighted by Crippen LogP contribution is 2.07. The summed E-state index contributed by atoms with van der Waals surface area (Å²) in [6.07, 6.45) is 0. The van der Waals surface area contributed by atoms with Crippen LogP contribution in [0, 0.1) is 5.92 Å². The summed E-state index contributed by atoms with van der Waals surface area (Å²) in [6, 6.07) is 17.8. The van der Waals surface area contributed by atoms with E-state index in [1.54, 1.807) is 0 Å². The minimum absolute atomic E-state index is 0.0577. The number of benzene rings is 2. The fourth-order valence-electron chi connectivity index (χ4n) is 2.87. The molecule has 0 bridgehead atoms. The second-order valence-corrected chi connectivity index (χ2v) is 7.24. The number of carbonyl (C=O) groups is 1. The number of hydrogen-bond donors (Lipinski definition) is 3. The number of hydrogen-bond acceptors (Lipinski definition) is 3. The molecule has 0 heterocycles. The van der Waals surface area contributed by atoms with E-state index in [1.807, 2.05) is 56.3 Å². The van der Waals surface area contributed by atoms with Gasteiger partial charge >= 0.3 is 0 Å². The second-order valence-electron chi connectivity index (χ2n) is 7.24. The topological polar surface area (TPSA) is 74.8 Å². The lowest BCUT2D eigenvalue weighted by atomic mass is 10.1. The molecular formula is C24H34N4O2. The Balaban J connectivity index is 1.82. The first kappa shape index (κ1) is 23.4. The largest absolute Gasteiger partial charge is 0.376 e. The van der Waals surface area contributed by atoms with Crippen molar-refractivity contribution in [3.63, 3.8) is 0 Å². The fraction of sp³-hybridized carbons (Fsp3) is 0.417. The average molecular weight is 411 g/mol. The molecule has 30 heavy (non-hydrogen) atoms. The monoisotopic (exact) mass is 410 g/mol. The molecular weight excluding hydrogens is 376 g/mol. The van der Waals surface area contributed by atoms with E-state index >= 15 is 0 Å². The highest BCUT2D eigenvalue weighted by molar-refractivity contribution is 5.94. The zero-order valence-electron chi connectivity index (χ0n) is 18.3. The van der Waals surface area contributed by atoms with Crippen molar-refractivity contribution in [2.24, 2.45) is 10.9 Å². The molecule has 2 rings (SSSR count). The maximum atomic E-state index is 12.0. The van der Waals surface area contributed by atoms with Crippen molar-refractivity contribution in [3.8, 4) is 0 Å². The van der Waals surface area contributed by atoms with Gasteiger partial charge in [-0.2, -0.15) is 0 Å². The summed E-state index contributed by atoms with van der Waals surface area (Å²) in [5.74, 6) is 1.05. The van der Waals surface area contributed by atoms with Crippen LogP contribution in [0.25, 0.3) is 0 Å². The first-order valence-corrected chi connectivity index (χ1v) is 10.6. The second kappa shape index (κ2) is 13.4. The van der Waals surface area contributed by atoms with Gasteiger partial charge in [-0.25, -0.2) is 4.99 Å². The molecule has 0 aromatic heterocycles. The van der Waals surface area contributed by atoms with E-state index in [1.165, 1.54) is 5.56 Å². The summed E-state index contributed by atoms with van der Waals surface area (Å²) < 4.78 is 5.82.